The van der Waals surface area contributed by atoms with Crippen LogP contribution in [0.1, 0.15) is 47.8 Å². The predicted molar refractivity (Wildman–Crippen MR) is 239 cm³/mol. The highest BCUT2D eigenvalue weighted by Gasteiger charge is 2.35. The molecule has 1 fully saturated rings. The van der Waals surface area contributed by atoms with Crippen molar-refractivity contribution in [3.8, 4) is 22.3 Å². The van der Waals surface area contributed by atoms with E-state index < -0.39 is 0 Å². The number of rotatable bonds is 6. The van der Waals surface area contributed by atoms with Crippen LogP contribution < -0.4 is 0 Å². The molecule has 5 unspecified atom stereocenters. The molecule has 3 aliphatic rings. The highest BCUT2D eigenvalue weighted by molar-refractivity contribution is 6.19. The fraction of sp³-hybridized carbons (Fsp3) is 0.143. The fourth-order valence-corrected chi connectivity index (χ4v) is 10.2. The first-order valence-corrected chi connectivity index (χ1v) is 20.7. The first-order chi connectivity index (χ1) is 28.2. The van der Waals surface area contributed by atoms with Gasteiger partial charge in [0.1, 0.15) is 11.2 Å². The van der Waals surface area contributed by atoms with Gasteiger partial charge in [-0.05, 0) is 98.6 Å². The molecule has 1 heterocycles. The Morgan fingerprint density at radius 3 is 1.81 bits per heavy atom. The van der Waals surface area contributed by atoms with Crippen LogP contribution in [0.15, 0.2) is 210 Å². The van der Waals surface area contributed by atoms with E-state index in [1.54, 1.807) is 0 Å². The zero-order valence-corrected chi connectivity index (χ0v) is 32.0. The average Bonchev–Trinajstić information content (AvgIpc) is 3.68. The molecule has 1 saturated carbocycles. The van der Waals surface area contributed by atoms with E-state index >= 15 is 0 Å². The van der Waals surface area contributed by atoms with E-state index in [4.69, 9.17) is 4.42 Å². The number of hydrogen-bond acceptors (Lipinski definition) is 1. The normalized spacial score (nSPS) is 21.7. The number of benzene rings is 7. The van der Waals surface area contributed by atoms with E-state index in [9.17, 15) is 0 Å². The van der Waals surface area contributed by atoms with Gasteiger partial charge in [-0.1, -0.05) is 194 Å². The highest BCUT2D eigenvalue weighted by atomic mass is 16.3. The fourth-order valence-electron chi connectivity index (χ4n) is 10.2. The Morgan fingerprint density at radius 2 is 1.00 bits per heavy atom. The molecule has 3 aliphatic carbocycles. The van der Waals surface area contributed by atoms with Crippen LogP contribution in [0.5, 0.6) is 0 Å². The van der Waals surface area contributed by atoms with E-state index in [1.165, 1.54) is 71.6 Å². The van der Waals surface area contributed by atoms with Crippen LogP contribution in [-0.4, -0.2) is 0 Å². The van der Waals surface area contributed by atoms with Crippen molar-refractivity contribution >= 4 is 38.3 Å². The second kappa shape index (κ2) is 14.3. The van der Waals surface area contributed by atoms with Crippen molar-refractivity contribution in [2.24, 2.45) is 17.8 Å². The van der Waals surface area contributed by atoms with Crippen LogP contribution in [0.3, 0.4) is 0 Å². The number of para-hydroxylation sites is 1. The first kappa shape index (κ1) is 33.9. The summed E-state index contributed by atoms with van der Waals surface area (Å²) in [7, 11) is 0. The van der Waals surface area contributed by atoms with Gasteiger partial charge in [0.25, 0.3) is 0 Å². The zero-order chi connectivity index (χ0) is 37.7. The molecule has 0 amide bonds. The maximum atomic E-state index is 7.11. The van der Waals surface area contributed by atoms with Gasteiger partial charge in [-0.2, -0.15) is 0 Å². The third kappa shape index (κ3) is 6.19. The largest absolute Gasteiger partial charge is 0.455 e. The van der Waals surface area contributed by atoms with Crippen molar-refractivity contribution in [1.29, 1.82) is 0 Å². The standard InChI is InChI=1S/C56H44O/c1-4-14-37(15-5-1)40-20-12-21-41(30-40)46-33-47(45-29-28-43-31-42(26-27-44(43)32-45)38-16-6-2-7-17-38)35-48(34-46)49-24-13-25-52-54-36-53(39-18-8-3-9-19-39)50-22-10-11-23-51(50)56(54)57-55(49)52/h1-32,36,43-44,46-48H,33-35H2. The second-order valence-corrected chi connectivity index (χ2v) is 16.4. The Labute approximate surface area is 335 Å². The van der Waals surface area contributed by atoms with Crippen LogP contribution in [0.4, 0.5) is 0 Å². The number of furan rings is 1. The molecule has 11 rings (SSSR count). The molecule has 1 aromatic heterocycles. The molecule has 0 aliphatic heterocycles. The molecule has 274 valence electrons. The summed E-state index contributed by atoms with van der Waals surface area (Å²) in [6.45, 7) is 0. The Hall–Kier alpha value is -6.44. The Kier molecular flexibility index (Phi) is 8.47. The Bertz CT molecular complexity index is 2890. The van der Waals surface area contributed by atoms with Gasteiger partial charge in [0, 0.05) is 28.0 Å². The van der Waals surface area contributed by atoms with E-state index in [-0.39, 0.29) is 0 Å². The zero-order valence-electron chi connectivity index (χ0n) is 32.0. The maximum absolute atomic E-state index is 7.11. The summed E-state index contributed by atoms with van der Waals surface area (Å²) in [4.78, 5) is 0. The topological polar surface area (TPSA) is 13.1 Å². The van der Waals surface area contributed by atoms with Crippen LogP contribution in [0, 0.1) is 17.8 Å². The molecule has 1 nitrogen and oxygen atoms in total. The number of hydrogen-bond donors (Lipinski definition) is 0. The Morgan fingerprint density at radius 1 is 0.404 bits per heavy atom. The van der Waals surface area contributed by atoms with Gasteiger partial charge in [-0.15, -0.1) is 0 Å². The molecule has 1 heteroatoms. The third-order valence-corrected chi connectivity index (χ3v) is 13.0. The molecule has 0 radical (unpaired) electrons. The van der Waals surface area contributed by atoms with Gasteiger partial charge in [0.2, 0.25) is 0 Å². The molecule has 8 aromatic rings. The molecule has 5 atom stereocenters. The quantitative estimate of drug-likeness (QED) is 0.166. The van der Waals surface area contributed by atoms with Crippen LogP contribution >= 0.6 is 0 Å². The molecule has 0 saturated heterocycles. The van der Waals surface area contributed by atoms with E-state index in [0.717, 1.165) is 30.4 Å². The molecular formula is C56H44O. The summed E-state index contributed by atoms with van der Waals surface area (Å²) < 4.78 is 7.11. The average molecular weight is 733 g/mol. The van der Waals surface area contributed by atoms with E-state index in [1.807, 2.05) is 0 Å². The van der Waals surface area contributed by atoms with Gasteiger partial charge in [0.05, 0.1) is 0 Å². The first-order valence-electron chi connectivity index (χ1n) is 20.7. The second-order valence-electron chi connectivity index (χ2n) is 16.4. The lowest BCUT2D eigenvalue weighted by atomic mass is 9.66. The molecule has 0 spiro atoms. The molecule has 0 bridgehead atoms. The predicted octanol–water partition coefficient (Wildman–Crippen LogP) is 15.1. The summed E-state index contributed by atoms with van der Waals surface area (Å²) in [5.41, 5.74) is 14.0. The summed E-state index contributed by atoms with van der Waals surface area (Å²) >= 11 is 0. The van der Waals surface area contributed by atoms with Gasteiger partial charge < -0.3 is 4.42 Å². The van der Waals surface area contributed by atoms with Crippen LogP contribution in [0.25, 0.3) is 60.5 Å². The Balaban J connectivity index is 1.00. The van der Waals surface area contributed by atoms with Crippen molar-refractivity contribution in [1.82, 2.24) is 0 Å². The van der Waals surface area contributed by atoms with Crippen molar-refractivity contribution in [3.05, 3.63) is 223 Å². The van der Waals surface area contributed by atoms with Gasteiger partial charge in [0.15, 0.2) is 0 Å². The van der Waals surface area contributed by atoms with E-state index in [0.29, 0.717) is 29.6 Å². The lowest BCUT2D eigenvalue weighted by molar-refractivity contribution is 0.322. The maximum Gasteiger partial charge on any atom is 0.143 e. The van der Waals surface area contributed by atoms with E-state index in [2.05, 4.69) is 200 Å². The lowest BCUT2D eigenvalue weighted by Crippen LogP contribution is -2.24. The summed E-state index contributed by atoms with van der Waals surface area (Å²) in [6.07, 6.45) is 18.1. The van der Waals surface area contributed by atoms with Crippen LogP contribution in [0.2, 0.25) is 0 Å². The minimum absolute atomic E-state index is 0.344. The summed E-state index contributed by atoms with van der Waals surface area (Å²) in [5, 5.41) is 4.80. The summed E-state index contributed by atoms with van der Waals surface area (Å²) in [6, 6.07) is 59.8. The smallest absolute Gasteiger partial charge is 0.143 e. The SMILES string of the molecule is C1=CC2C=C(C3CC(c4cccc(-c5ccccc5)c4)CC(c4cccc5c4oc4c6ccccc6c(-c6ccccc6)cc54)C3)C=CC2C=C1c1ccccc1. The number of allylic oxidation sites excluding steroid dienone is 8. The van der Waals surface area contributed by atoms with Gasteiger partial charge in [-0.3, -0.25) is 0 Å². The molecular weight excluding hydrogens is 689 g/mol. The van der Waals surface area contributed by atoms with Crippen molar-refractivity contribution in [3.63, 3.8) is 0 Å². The van der Waals surface area contributed by atoms with Gasteiger partial charge in [-0.25, -0.2) is 0 Å². The van der Waals surface area contributed by atoms with Gasteiger partial charge >= 0.3 is 0 Å². The number of fused-ring (bicyclic) bond motifs is 6. The van der Waals surface area contributed by atoms with Crippen molar-refractivity contribution < 1.29 is 4.42 Å². The molecule has 0 N–H and O–H groups in total. The molecule has 7 aromatic carbocycles. The minimum Gasteiger partial charge on any atom is -0.455 e. The third-order valence-electron chi connectivity index (χ3n) is 13.0. The summed E-state index contributed by atoms with van der Waals surface area (Å²) in [5.74, 6) is 1.96. The highest BCUT2D eigenvalue weighted by Crippen LogP contribution is 2.51. The van der Waals surface area contributed by atoms with Crippen molar-refractivity contribution in [2.75, 3.05) is 0 Å². The minimum atomic E-state index is 0.344. The lowest BCUT2D eigenvalue weighted by Gasteiger charge is -2.38. The monoisotopic (exact) mass is 732 g/mol. The molecule has 57 heavy (non-hydrogen) atoms. The van der Waals surface area contributed by atoms with Crippen LogP contribution in [-0.2, 0) is 0 Å². The van der Waals surface area contributed by atoms with Crippen molar-refractivity contribution in [2.45, 2.75) is 31.1 Å².